The predicted molar refractivity (Wildman–Crippen MR) is 117 cm³/mol. The molecule has 1 aliphatic rings. The van der Waals surface area contributed by atoms with Crippen LogP contribution in [0.15, 0.2) is 60.8 Å². The molecule has 172 valence electrons. The lowest BCUT2D eigenvalue weighted by Crippen LogP contribution is -2.44. The molecular weight excluding hydrogens is 435 g/mol. The molecule has 33 heavy (non-hydrogen) atoms. The van der Waals surface area contributed by atoms with E-state index in [0.29, 0.717) is 19.4 Å². The number of carbonyl (C=O) groups is 2. The molecule has 0 N–H and O–H groups in total. The third kappa shape index (κ3) is 4.48. The number of anilines is 1. The lowest BCUT2D eigenvalue weighted by molar-refractivity contribution is -0.274. The molecule has 3 aromatic rings. The average molecular weight is 457 g/mol. The van der Waals surface area contributed by atoms with Crippen LogP contribution in [0.1, 0.15) is 25.8 Å². The van der Waals surface area contributed by atoms with Gasteiger partial charge in [0.1, 0.15) is 11.3 Å². The van der Waals surface area contributed by atoms with Crippen LogP contribution in [0.25, 0.3) is 10.9 Å². The topological polar surface area (TPSA) is 62.7 Å². The lowest BCUT2D eigenvalue weighted by Gasteiger charge is -2.27. The molecule has 6 nitrogen and oxygen atoms in total. The van der Waals surface area contributed by atoms with Gasteiger partial charge in [0, 0.05) is 18.1 Å². The molecule has 1 aliphatic heterocycles. The molecule has 0 bridgehead atoms. The van der Waals surface area contributed by atoms with E-state index >= 15 is 0 Å². The van der Waals surface area contributed by atoms with Crippen LogP contribution >= 0.6 is 0 Å². The highest BCUT2D eigenvalue weighted by Crippen LogP contribution is 2.34. The summed E-state index contributed by atoms with van der Waals surface area (Å²) in [5, 5.41) is 1.05. The fraction of sp³-hybridized carbons (Fsp3) is 0.292. The number of imide groups is 1. The molecule has 0 spiro atoms. The molecule has 1 saturated heterocycles. The Labute approximate surface area is 188 Å². The van der Waals surface area contributed by atoms with E-state index in [0.717, 1.165) is 33.5 Å². The molecule has 3 amide bonds. The predicted octanol–water partition coefficient (Wildman–Crippen LogP) is 5.31. The zero-order valence-corrected chi connectivity index (χ0v) is 18.1. The second kappa shape index (κ2) is 8.38. The zero-order valence-electron chi connectivity index (χ0n) is 18.1. The number of hydrogen-bond acceptors (Lipinski definition) is 4. The van der Waals surface area contributed by atoms with Crippen molar-refractivity contribution in [3.05, 3.63) is 66.4 Å². The summed E-state index contributed by atoms with van der Waals surface area (Å²) in [4.78, 5) is 33.0. The summed E-state index contributed by atoms with van der Waals surface area (Å²) >= 11 is 0. The maximum Gasteiger partial charge on any atom is 0.573 e. The van der Waals surface area contributed by atoms with Gasteiger partial charge in [0.25, 0.3) is 5.91 Å². The molecule has 2 aromatic carbocycles. The first kappa shape index (κ1) is 22.6. The van der Waals surface area contributed by atoms with Gasteiger partial charge in [-0.05, 0) is 68.7 Å². The van der Waals surface area contributed by atoms with Crippen LogP contribution < -0.4 is 9.64 Å². The maximum absolute atomic E-state index is 13.1. The number of urea groups is 1. The number of ether oxygens (including phenoxy) is 1. The second-order valence-electron chi connectivity index (χ2n) is 8.27. The minimum atomic E-state index is -4.82. The van der Waals surface area contributed by atoms with E-state index in [-0.39, 0.29) is 5.69 Å². The van der Waals surface area contributed by atoms with Crippen molar-refractivity contribution in [3.63, 3.8) is 0 Å². The van der Waals surface area contributed by atoms with Gasteiger partial charge < -0.3 is 9.64 Å². The summed E-state index contributed by atoms with van der Waals surface area (Å²) in [6, 6.07) is 13.9. The number of aromatic nitrogens is 1. The first-order valence-corrected chi connectivity index (χ1v) is 10.4. The van der Waals surface area contributed by atoms with E-state index in [9.17, 15) is 22.8 Å². The summed E-state index contributed by atoms with van der Waals surface area (Å²) in [7, 11) is 0. The van der Waals surface area contributed by atoms with Crippen LogP contribution in [0, 0.1) is 0 Å². The highest BCUT2D eigenvalue weighted by atomic mass is 19.4. The lowest BCUT2D eigenvalue weighted by atomic mass is 10.0. The van der Waals surface area contributed by atoms with Crippen molar-refractivity contribution in [1.82, 2.24) is 9.88 Å². The monoisotopic (exact) mass is 457 g/mol. The van der Waals surface area contributed by atoms with Gasteiger partial charge in [-0.25, -0.2) is 9.69 Å². The van der Waals surface area contributed by atoms with Gasteiger partial charge in [-0.1, -0.05) is 18.2 Å². The minimum absolute atomic E-state index is 0.190. The van der Waals surface area contributed by atoms with E-state index in [1.807, 2.05) is 30.3 Å². The number of pyridine rings is 1. The van der Waals surface area contributed by atoms with Crippen molar-refractivity contribution in [2.24, 2.45) is 0 Å². The molecule has 0 aliphatic carbocycles. The third-order valence-corrected chi connectivity index (χ3v) is 5.72. The number of rotatable bonds is 6. The second-order valence-corrected chi connectivity index (χ2v) is 8.27. The molecule has 1 fully saturated rings. The molecule has 0 radical (unpaired) electrons. The normalized spacial score (nSPS) is 16.0. The van der Waals surface area contributed by atoms with E-state index in [1.165, 1.54) is 17.0 Å². The van der Waals surface area contributed by atoms with Crippen LogP contribution in [0.5, 0.6) is 5.75 Å². The molecule has 0 atom stereocenters. The number of fused-ring (bicyclic) bond motifs is 1. The van der Waals surface area contributed by atoms with Crippen LogP contribution in [0.2, 0.25) is 0 Å². The summed E-state index contributed by atoms with van der Waals surface area (Å²) in [5.74, 6) is -0.864. The van der Waals surface area contributed by atoms with Gasteiger partial charge in [-0.15, -0.1) is 13.2 Å². The Kier molecular flexibility index (Phi) is 5.73. The number of halogens is 3. The smallest absolute Gasteiger partial charge is 0.406 e. The number of carbonyl (C=O) groups excluding carboxylic acids is 2. The molecule has 0 unspecified atom stereocenters. The van der Waals surface area contributed by atoms with Crippen LogP contribution in [0.3, 0.4) is 0 Å². The van der Waals surface area contributed by atoms with Gasteiger partial charge in [-0.2, -0.15) is 0 Å². The fourth-order valence-corrected chi connectivity index (χ4v) is 4.04. The summed E-state index contributed by atoms with van der Waals surface area (Å²) in [6.07, 6.45) is -1.75. The van der Waals surface area contributed by atoms with Gasteiger partial charge >= 0.3 is 12.4 Å². The first-order chi connectivity index (χ1) is 15.6. The largest absolute Gasteiger partial charge is 0.573 e. The zero-order chi connectivity index (χ0) is 23.8. The van der Waals surface area contributed by atoms with Crippen molar-refractivity contribution in [3.8, 4) is 5.75 Å². The molecule has 0 saturated carbocycles. The molecule has 1 aromatic heterocycles. The molecule has 4 rings (SSSR count). The molecular formula is C24H22F3N3O3. The standard InChI is InChI=1S/C24H22F3N3O3/c1-23(2)21(31)30(17-9-11-18(12-10-17)33-24(25,26)27)22(32)29(23)15-5-6-16-13-14-28-20-8-4-3-7-19(16)20/h3-4,7-14H,5-6,15H2,1-2H3. The Bertz CT molecular complexity index is 1190. The van der Waals surface area contributed by atoms with Gasteiger partial charge in [0.05, 0.1) is 11.2 Å². The third-order valence-electron chi connectivity index (χ3n) is 5.72. The maximum atomic E-state index is 13.1. The van der Waals surface area contributed by atoms with E-state index in [2.05, 4.69) is 9.72 Å². The number of nitrogens with zero attached hydrogens (tertiary/aromatic N) is 3. The Morgan fingerprint density at radius 2 is 1.70 bits per heavy atom. The minimum Gasteiger partial charge on any atom is -0.406 e. The number of aryl methyl sites for hydroxylation is 1. The van der Waals surface area contributed by atoms with Crippen molar-refractivity contribution >= 4 is 28.5 Å². The fourth-order valence-electron chi connectivity index (χ4n) is 4.04. The quantitative estimate of drug-likeness (QED) is 0.471. The Morgan fingerprint density at radius 3 is 2.39 bits per heavy atom. The van der Waals surface area contributed by atoms with E-state index < -0.39 is 29.6 Å². The number of amides is 3. The van der Waals surface area contributed by atoms with Crippen LogP contribution in [-0.2, 0) is 11.2 Å². The van der Waals surface area contributed by atoms with Gasteiger partial charge in [0.15, 0.2) is 0 Å². The van der Waals surface area contributed by atoms with Crippen LogP contribution in [0.4, 0.5) is 23.7 Å². The van der Waals surface area contributed by atoms with E-state index in [4.69, 9.17) is 0 Å². The molecule has 9 heteroatoms. The van der Waals surface area contributed by atoms with Crippen molar-refractivity contribution in [2.75, 3.05) is 11.4 Å². The van der Waals surface area contributed by atoms with Crippen molar-refractivity contribution in [2.45, 2.75) is 38.6 Å². The van der Waals surface area contributed by atoms with Crippen LogP contribution in [-0.4, -0.2) is 40.3 Å². The molecule has 2 heterocycles. The Morgan fingerprint density at radius 1 is 1.00 bits per heavy atom. The van der Waals surface area contributed by atoms with E-state index in [1.54, 1.807) is 20.0 Å². The number of para-hydroxylation sites is 1. The summed E-state index contributed by atoms with van der Waals surface area (Å²) in [6.45, 7) is 3.67. The number of hydrogen-bond donors (Lipinski definition) is 0. The number of benzene rings is 2. The van der Waals surface area contributed by atoms with Gasteiger partial charge in [-0.3, -0.25) is 9.78 Å². The van der Waals surface area contributed by atoms with Crippen molar-refractivity contribution < 1.29 is 27.5 Å². The average Bonchev–Trinajstić information content (AvgIpc) is 2.92. The number of alkyl halides is 3. The van der Waals surface area contributed by atoms with Crippen molar-refractivity contribution in [1.29, 1.82) is 0 Å². The Balaban J connectivity index is 1.48. The summed E-state index contributed by atoms with van der Waals surface area (Å²) < 4.78 is 41.0. The van der Waals surface area contributed by atoms with Gasteiger partial charge in [0.2, 0.25) is 0 Å². The Hall–Kier alpha value is -3.62. The highest BCUT2D eigenvalue weighted by Gasteiger charge is 2.51. The first-order valence-electron chi connectivity index (χ1n) is 10.4. The summed E-state index contributed by atoms with van der Waals surface area (Å²) in [5.41, 5.74) is 1.11. The SMILES string of the molecule is CC1(C)C(=O)N(c2ccc(OC(F)(F)F)cc2)C(=O)N1CCCc1ccnc2ccccc12. The highest BCUT2D eigenvalue weighted by molar-refractivity contribution is 6.22.